The Morgan fingerprint density at radius 2 is 1.26 bits per heavy atom. The second-order valence-electron chi connectivity index (χ2n) is 14.1. The first-order valence-corrected chi connectivity index (χ1v) is 18.6. The largest absolute Gasteiger partial charge is 0.455 e. The van der Waals surface area contributed by atoms with Crippen molar-refractivity contribution in [2.75, 3.05) is 0 Å². The number of unbranched alkanes of at least 4 members (excludes halogenated alkanes) is 13. The molecule has 0 bridgehead atoms. The molecule has 3 fully saturated rings. The second-order valence-corrected chi connectivity index (χ2v) is 14.1. The third kappa shape index (κ3) is 12.1. The molecule has 0 amide bonds. The van der Waals surface area contributed by atoms with E-state index < -0.39 is 0 Å². The summed E-state index contributed by atoms with van der Waals surface area (Å²) < 4.78 is 24.6. The Morgan fingerprint density at radius 1 is 0.698 bits per heavy atom. The van der Waals surface area contributed by atoms with Crippen LogP contribution in [0, 0.1) is 0 Å². The summed E-state index contributed by atoms with van der Waals surface area (Å²) in [6, 6.07) is 0. The molecule has 6 heteroatoms. The van der Waals surface area contributed by atoms with Crippen LogP contribution in [0.2, 0.25) is 0 Å². The van der Waals surface area contributed by atoms with Crippen molar-refractivity contribution in [3.05, 3.63) is 11.6 Å². The third-order valence-electron chi connectivity index (χ3n) is 10.4. The van der Waals surface area contributed by atoms with Gasteiger partial charge in [-0.3, -0.25) is 0 Å². The smallest absolute Gasteiger partial charge is 0.334 e. The van der Waals surface area contributed by atoms with Crippen molar-refractivity contribution in [2.45, 2.75) is 217 Å². The van der Waals surface area contributed by atoms with E-state index >= 15 is 0 Å². The van der Waals surface area contributed by atoms with Gasteiger partial charge >= 0.3 is 5.97 Å². The fourth-order valence-corrected chi connectivity index (χ4v) is 7.76. The highest BCUT2D eigenvalue weighted by Gasteiger charge is 2.43. The highest BCUT2D eigenvalue weighted by molar-refractivity contribution is 5.90. The quantitative estimate of drug-likeness (QED) is 0.0982. The average Bonchev–Trinajstić information content (AvgIpc) is 3.80. The minimum absolute atomic E-state index is 0.0106. The first-order valence-electron chi connectivity index (χ1n) is 18.6. The third-order valence-corrected chi connectivity index (χ3v) is 10.4. The van der Waals surface area contributed by atoms with Crippen molar-refractivity contribution in [1.82, 2.24) is 0 Å². The van der Waals surface area contributed by atoms with Crippen LogP contribution in [-0.4, -0.2) is 59.9 Å². The number of cyclic esters (lactones) is 1. The van der Waals surface area contributed by atoms with Gasteiger partial charge in [0.1, 0.15) is 6.10 Å². The van der Waals surface area contributed by atoms with Crippen molar-refractivity contribution < 1.29 is 28.8 Å². The molecule has 3 saturated heterocycles. The van der Waals surface area contributed by atoms with E-state index in [2.05, 4.69) is 6.92 Å². The molecule has 8 atom stereocenters. The van der Waals surface area contributed by atoms with Gasteiger partial charge in [0.2, 0.25) is 0 Å². The van der Waals surface area contributed by atoms with Crippen LogP contribution >= 0.6 is 0 Å². The van der Waals surface area contributed by atoms with Crippen LogP contribution in [0.1, 0.15) is 168 Å². The molecule has 248 valence electrons. The molecule has 43 heavy (non-hydrogen) atoms. The zero-order valence-electron chi connectivity index (χ0n) is 27.7. The molecular formula is C37H64O6. The molecule has 0 aromatic carbocycles. The maximum Gasteiger partial charge on any atom is 0.334 e. The summed E-state index contributed by atoms with van der Waals surface area (Å²) in [4.78, 5) is 11.7. The van der Waals surface area contributed by atoms with Gasteiger partial charge in [-0.1, -0.05) is 96.8 Å². The van der Waals surface area contributed by atoms with Crippen molar-refractivity contribution in [3.8, 4) is 0 Å². The summed E-state index contributed by atoms with van der Waals surface area (Å²) in [6.45, 7) is 4.19. The Hall–Kier alpha value is -0.950. The van der Waals surface area contributed by atoms with E-state index in [0.29, 0.717) is 6.10 Å². The molecule has 4 aliphatic rings. The molecule has 1 N–H and O–H groups in total. The first kappa shape index (κ1) is 34.9. The summed E-state index contributed by atoms with van der Waals surface area (Å²) in [5.41, 5.74) is 0.876. The lowest BCUT2D eigenvalue weighted by Crippen LogP contribution is -2.33. The van der Waals surface area contributed by atoms with Crippen molar-refractivity contribution in [3.63, 3.8) is 0 Å². The maximum absolute atomic E-state index is 11.7. The highest BCUT2D eigenvalue weighted by Crippen LogP contribution is 2.37. The Bertz CT molecular complexity index is 813. The Morgan fingerprint density at radius 3 is 1.93 bits per heavy atom. The number of ether oxygens (including phenoxy) is 4. The predicted octanol–water partition coefficient (Wildman–Crippen LogP) is 8.90. The van der Waals surface area contributed by atoms with E-state index in [0.717, 1.165) is 63.4 Å². The zero-order valence-corrected chi connectivity index (χ0v) is 27.7. The van der Waals surface area contributed by atoms with Crippen LogP contribution in [-0.2, 0) is 23.7 Å². The van der Waals surface area contributed by atoms with Gasteiger partial charge in [-0.25, -0.2) is 4.79 Å². The van der Waals surface area contributed by atoms with E-state index in [1.165, 1.54) is 96.3 Å². The van der Waals surface area contributed by atoms with Gasteiger partial charge in [-0.2, -0.15) is 0 Å². The number of aliphatic hydroxyl groups excluding tert-OH is 1. The molecule has 0 aromatic rings. The number of carbonyl (C=O) groups is 1. The molecule has 0 aromatic heterocycles. The summed E-state index contributed by atoms with van der Waals surface area (Å²) in [7, 11) is 0. The van der Waals surface area contributed by atoms with Gasteiger partial charge in [0.15, 0.2) is 0 Å². The topological polar surface area (TPSA) is 74.2 Å². The molecule has 4 rings (SSSR count). The SMILES string of the molecule is CCCCCCCCCCC(O)C1CCC(C2CCC(C3CCC(CCCCCCCCCC4=C[C@H](C)OC4=O)O3)O2)O1. The van der Waals surface area contributed by atoms with Gasteiger partial charge in [-0.15, -0.1) is 0 Å². The first-order chi connectivity index (χ1) is 21.0. The molecule has 0 aliphatic carbocycles. The highest BCUT2D eigenvalue weighted by atomic mass is 16.6. The predicted molar refractivity (Wildman–Crippen MR) is 172 cm³/mol. The molecule has 7 unspecified atom stereocenters. The number of hydrogen-bond donors (Lipinski definition) is 1. The number of aliphatic hydroxyl groups is 1. The molecule has 0 spiro atoms. The minimum Gasteiger partial charge on any atom is -0.455 e. The summed E-state index contributed by atoms with van der Waals surface area (Å²) in [6.07, 6.45) is 31.1. The molecular weight excluding hydrogens is 540 g/mol. The Balaban J connectivity index is 0.981. The fourth-order valence-electron chi connectivity index (χ4n) is 7.76. The zero-order chi connectivity index (χ0) is 30.3. The molecule has 4 heterocycles. The van der Waals surface area contributed by atoms with E-state index in [4.69, 9.17) is 18.9 Å². The normalized spacial score (nSPS) is 31.6. The maximum atomic E-state index is 11.7. The molecule has 0 radical (unpaired) electrons. The minimum atomic E-state index is -0.327. The van der Waals surface area contributed by atoms with E-state index in [1.54, 1.807) is 0 Å². The lowest BCUT2D eigenvalue weighted by Gasteiger charge is -2.24. The fraction of sp³-hybridized carbons (Fsp3) is 0.919. The van der Waals surface area contributed by atoms with Gasteiger partial charge in [0, 0.05) is 5.57 Å². The van der Waals surface area contributed by atoms with Gasteiger partial charge in [0.05, 0.1) is 42.7 Å². The van der Waals surface area contributed by atoms with Crippen LogP contribution in [0.3, 0.4) is 0 Å². The van der Waals surface area contributed by atoms with E-state index in [1.807, 2.05) is 13.0 Å². The van der Waals surface area contributed by atoms with Crippen molar-refractivity contribution >= 4 is 5.97 Å². The lowest BCUT2D eigenvalue weighted by molar-refractivity contribution is -0.139. The molecule has 4 aliphatic heterocycles. The van der Waals surface area contributed by atoms with Crippen molar-refractivity contribution in [1.29, 1.82) is 0 Å². The Labute approximate surface area is 263 Å². The summed E-state index contributed by atoms with van der Waals surface area (Å²) in [5.74, 6) is -0.111. The monoisotopic (exact) mass is 604 g/mol. The van der Waals surface area contributed by atoms with E-state index in [-0.39, 0.29) is 48.7 Å². The standard InChI is InChI=1S/C37H64O6/c1-3-4-5-6-7-11-14-17-20-31(38)32-23-24-35(42-32)36-26-25-34(43-36)33-22-21-30(41-33)19-16-13-10-8-9-12-15-18-29-27-28(2)40-37(29)39/h27-28,30-36,38H,3-26H2,1-2H3/t28-,30?,31?,32?,33?,34?,35?,36?/m0/s1. The van der Waals surface area contributed by atoms with Crippen LogP contribution in [0.15, 0.2) is 11.6 Å². The van der Waals surface area contributed by atoms with Crippen LogP contribution in [0.4, 0.5) is 0 Å². The number of esters is 1. The van der Waals surface area contributed by atoms with Crippen LogP contribution in [0.5, 0.6) is 0 Å². The Kier molecular flexibility index (Phi) is 15.9. The van der Waals surface area contributed by atoms with Crippen LogP contribution < -0.4 is 0 Å². The van der Waals surface area contributed by atoms with Gasteiger partial charge in [0.25, 0.3) is 0 Å². The number of carbonyl (C=O) groups excluding carboxylic acids is 1. The average molecular weight is 605 g/mol. The van der Waals surface area contributed by atoms with Crippen LogP contribution in [0.25, 0.3) is 0 Å². The molecule has 0 saturated carbocycles. The van der Waals surface area contributed by atoms with Gasteiger partial charge < -0.3 is 24.1 Å². The van der Waals surface area contributed by atoms with E-state index in [9.17, 15) is 9.90 Å². The van der Waals surface area contributed by atoms with Crippen molar-refractivity contribution in [2.24, 2.45) is 0 Å². The summed E-state index contributed by atoms with van der Waals surface area (Å²) >= 11 is 0. The lowest BCUT2D eigenvalue weighted by atomic mass is 10.0. The molecule has 6 nitrogen and oxygen atoms in total. The van der Waals surface area contributed by atoms with Gasteiger partial charge in [-0.05, 0) is 77.2 Å². The second kappa shape index (κ2) is 19.5. The number of rotatable bonds is 22. The number of hydrogen-bond acceptors (Lipinski definition) is 6. The summed E-state index contributed by atoms with van der Waals surface area (Å²) in [5, 5.41) is 10.7.